The predicted molar refractivity (Wildman–Crippen MR) is 76.4 cm³/mol. The minimum atomic E-state index is 0.580. The van der Waals surface area contributed by atoms with Crippen LogP contribution in [-0.2, 0) is 0 Å². The molecule has 0 bridgehead atoms. The summed E-state index contributed by atoms with van der Waals surface area (Å²) >= 11 is 5.50. The molecule has 1 aromatic carbocycles. The van der Waals surface area contributed by atoms with Gasteiger partial charge in [0.15, 0.2) is 0 Å². The van der Waals surface area contributed by atoms with E-state index in [-0.39, 0.29) is 0 Å². The van der Waals surface area contributed by atoms with Gasteiger partial charge in [-0.2, -0.15) is 11.8 Å². The van der Waals surface area contributed by atoms with Crippen molar-refractivity contribution in [2.24, 2.45) is 5.73 Å². The third-order valence-corrected chi connectivity index (χ3v) is 4.63. The van der Waals surface area contributed by atoms with Gasteiger partial charge >= 0.3 is 0 Å². The Morgan fingerprint density at radius 2 is 2.38 bits per heavy atom. The Labute approximate surface area is 110 Å². The molecule has 0 aliphatic carbocycles. The molecule has 1 aliphatic heterocycles. The van der Waals surface area contributed by atoms with Crippen LogP contribution in [0, 0.1) is 6.92 Å². The summed E-state index contributed by atoms with van der Waals surface area (Å²) in [5.74, 6) is 1.18. The molecule has 1 aliphatic rings. The van der Waals surface area contributed by atoms with E-state index in [4.69, 9.17) is 5.73 Å². The molecule has 2 nitrogen and oxygen atoms in total. The lowest BCUT2D eigenvalue weighted by Gasteiger charge is -2.34. The SMILES string of the molecule is Cc1cc(Br)ccc1N1CCSC(CN)C1. The van der Waals surface area contributed by atoms with E-state index in [1.165, 1.54) is 17.0 Å². The number of rotatable bonds is 2. The zero-order valence-electron chi connectivity index (χ0n) is 9.45. The maximum atomic E-state index is 5.75. The smallest absolute Gasteiger partial charge is 0.0397 e. The second-order valence-electron chi connectivity index (χ2n) is 4.11. The van der Waals surface area contributed by atoms with Gasteiger partial charge in [-0.05, 0) is 30.7 Å². The van der Waals surface area contributed by atoms with Gasteiger partial charge in [-0.25, -0.2) is 0 Å². The first-order valence-electron chi connectivity index (χ1n) is 5.53. The lowest BCUT2D eigenvalue weighted by molar-refractivity contribution is 0.747. The van der Waals surface area contributed by atoms with Crippen LogP contribution >= 0.6 is 27.7 Å². The quantitative estimate of drug-likeness (QED) is 0.910. The van der Waals surface area contributed by atoms with Gasteiger partial charge in [0.2, 0.25) is 0 Å². The maximum absolute atomic E-state index is 5.75. The summed E-state index contributed by atoms with van der Waals surface area (Å²) in [5.41, 5.74) is 8.43. The Kier molecular flexibility index (Phi) is 4.16. The third-order valence-electron chi connectivity index (χ3n) is 2.90. The Hall–Kier alpha value is -0.190. The topological polar surface area (TPSA) is 29.3 Å². The number of anilines is 1. The van der Waals surface area contributed by atoms with Gasteiger partial charge in [-0.3, -0.25) is 0 Å². The Bertz CT molecular complexity index is 370. The van der Waals surface area contributed by atoms with E-state index < -0.39 is 0 Å². The molecule has 1 heterocycles. The van der Waals surface area contributed by atoms with Crippen molar-refractivity contribution in [3.63, 3.8) is 0 Å². The molecule has 0 amide bonds. The Morgan fingerprint density at radius 3 is 3.06 bits per heavy atom. The summed E-state index contributed by atoms with van der Waals surface area (Å²) in [6.45, 7) is 5.14. The fourth-order valence-corrected chi connectivity index (χ4v) is 3.61. The molecule has 4 heteroatoms. The van der Waals surface area contributed by atoms with Gasteiger partial charge in [0.05, 0.1) is 0 Å². The molecule has 0 spiro atoms. The highest BCUT2D eigenvalue weighted by molar-refractivity contribution is 9.10. The average Bonchev–Trinajstić information content (AvgIpc) is 2.29. The molecule has 2 rings (SSSR count). The summed E-state index contributed by atoms with van der Waals surface area (Å²) < 4.78 is 1.15. The highest BCUT2D eigenvalue weighted by Crippen LogP contribution is 2.28. The van der Waals surface area contributed by atoms with Crippen molar-refractivity contribution in [1.29, 1.82) is 0 Å². The monoisotopic (exact) mass is 300 g/mol. The van der Waals surface area contributed by atoms with Crippen LogP contribution in [0.4, 0.5) is 5.69 Å². The van der Waals surface area contributed by atoms with Crippen LogP contribution in [0.25, 0.3) is 0 Å². The molecule has 0 aromatic heterocycles. The predicted octanol–water partition coefficient (Wildman–Crippen LogP) is 2.64. The van der Waals surface area contributed by atoms with Crippen LogP contribution in [0.1, 0.15) is 5.56 Å². The van der Waals surface area contributed by atoms with Crippen LogP contribution in [0.15, 0.2) is 22.7 Å². The van der Waals surface area contributed by atoms with E-state index in [0.29, 0.717) is 5.25 Å². The van der Waals surface area contributed by atoms with Crippen molar-refractivity contribution >= 4 is 33.4 Å². The first-order valence-corrected chi connectivity index (χ1v) is 7.37. The molecule has 88 valence electrons. The van der Waals surface area contributed by atoms with E-state index in [2.05, 4.69) is 46.0 Å². The number of nitrogens with two attached hydrogens (primary N) is 1. The molecule has 2 N–H and O–H groups in total. The largest absolute Gasteiger partial charge is 0.369 e. The maximum Gasteiger partial charge on any atom is 0.0397 e. The van der Waals surface area contributed by atoms with Gasteiger partial charge < -0.3 is 10.6 Å². The summed E-state index contributed by atoms with van der Waals surface area (Å²) in [5, 5.41) is 0.580. The Balaban J connectivity index is 2.16. The van der Waals surface area contributed by atoms with Crippen LogP contribution in [0.2, 0.25) is 0 Å². The van der Waals surface area contributed by atoms with Crippen molar-refractivity contribution in [3.05, 3.63) is 28.2 Å². The molecular weight excluding hydrogens is 284 g/mol. The van der Waals surface area contributed by atoms with E-state index in [0.717, 1.165) is 24.1 Å². The minimum Gasteiger partial charge on any atom is -0.369 e. The number of halogens is 1. The van der Waals surface area contributed by atoms with Crippen molar-refractivity contribution in [1.82, 2.24) is 0 Å². The zero-order valence-corrected chi connectivity index (χ0v) is 11.9. The van der Waals surface area contributed by atoms with Crippen LogP contribution in [-0.4, -0.2) is 30.6 Å². The molecule has 1 aromatic rings. The number of benzene rings is 1. The lowest BCUT2D eigenvalue weighted by Crippen LogP contribution is -2.41. The zero-order chi connectivity index (χ0) is 11.5. The fourth-order valence-electron chi connectivity index (χ4n) is 2.05. The van der Waals surface area contributed by atoms with Gasteiger partial charge in [0.1, 0.15) is 0 Å². The molecule has 1 atom stereocenters. The van der Waals surface area contributed by atoms with Crippen molar-refractivity contribution < 1.29 is 0 Å². The minimum absolute atomic E-state index is 0.580. The Morgan fingerprint density at radius 1 is 1.56 bits per heavy atom. The summed E-state index contributed by atoms with van der Waals surface area (Å²) in [6.07, 6.45) is 0. The van der Waals surface area contributed by atoms with Crippen LogP contribution in [0.5, 0.6) is 0 Å². The third kappa shape index (κ3) is 2.73. The number of aryl methyl sites for hydroxylation is 1. The summed E-state index contributed by atoms with van der Waals surface area (Å²) in [7, 11) is 0. The van der Waals surface area contributed by atoms with E-state index in [1.807, 2.05) is 11.8 Å². The summed E-state index contributed by atoms with van der Waals surface area (Å²) in [6, 6.07) is 6.49. The normalized spacial score (nSPS) is 21.2. The van der Waals surface area contributed by atoms with Crippen molar-refractivity contribution in [2.75, 3.05) is 30.3 Å². The molecule has 0 saturated carbocycles. The summed E-state index contributed by atoms with van der Waals surface area (Å²) in [4.78, 5) is 2.45. The van der Waals surface area contributed by atoms with E-state index in [1.54, 1.807) is 0 Å². The molecule has 1 fully saturated rings. The molecule has 1 saturated heterocycles. The second kappa shape index (κ2) is 5.43. The van der Waals surface area contributed by atoms with Gasteiger partial charge in [-0.15, -0.1) is 0 Å². The fraction of sp³-hybridized carbons (Fsp3) is 0.500. The lowest BCUT2D eigenvalue weighted by atomic mass is 10.1. The first-order chi connectivity index (χ1) is 7.70. The van der Waals surface area contributed by atoms with Gasteiger partial charge in [0, 0.05) is 40.8 Å². The number of nitrogens with zero attached hydrogens (tertiary/aromatic N) is 1. The number of hydrogen-bond acceptors (Lipinski definition) is 3. The van der Waals surface area contributed by atoms with E-state index >= 15 is 0 Å². The van der Waals surface area contributed by atoms with E-state index in [9.17, 15) is 0 Å². The first kappa shape index (κ1) is 12.3. The highest BCUT2D eigenvalue weighted by Gasteiger charge is 2.20. The average molecular weight is 301 g/mol. The van der Waals surface area contributed by atoms with Gasteiger partial charge in [-0.1, -0.05) is 15.9 Å². The highest BCUT2D eigenvalue weighted by atomic mass is 79.9. The molecular formula is C12H17BrN2S. The van der Waals surface area contributed by atoms with Crippen molar-refractivity contribution in [2.45, 2.75) is 12.2 Å². The number of hydrogen-bond donors (Lipinski definition) is 1. The number of thioether (sulfide) groups is 1. The van der Waals surface area contributed by atoms with Crippen LogP contribution in [0.3, 0.4) is 0 Å². The molecule has 0 radical (unpaired) electrons. The second-order valence-corrected chi connectivity index (χ2v) is 6.43. The van der Waals surface area contributed by atoms with Gasteiger partial charge in [0.25, 0.3) is 0 Å². The molecule has 1 unspecified atom stereocenters. The van der Waals surface area contributed by atoms with Crippen molar-refractivity contribution in [3.8, 4) is 0 Å². The van der Waals surface area contributed by atoms with Crippen LogP contribution < -0.4 is 10.6 Å². The standard InChI is InChI=1S/C12H17BrN2S/c1-9-6-10(13)2-3-12(9)15-4-5-16-11(7-14)8-15/h2-3,6,11H,4-5,7-8,14H2,1H3. The molecule has 16 heavy (non-hydrogen) atoms.